The maximum Gasteiger partial charge on any atom is 0.230 e. The summed E-state index contributed by atoms with van der Waals surface area (Å²) in [5.74, 6) is 0.291. The Bertz CT molecular complexity index is 862. The Hall–Kier alpha value is -2.67. The zero-order valence-electron chi connectivity index (χ0n) is 13.4. The van der Waals surface area contributed by atoms with Crippen LogP contribution in [-0.4, -0.2) is 30.9 Å². The van der Waals surface area contributed by atoms with E-state index in [1.54, 1.807) is 19.3 Å². The number of thioether (sulfide) groups is 1. The van der Waals surface area contributed by atoms with Crippen molar-refractivity contribution in [2.75, 3.05) is 0 Å². The lowest BCUT2D eigenvalue weighted by atomic mass is 10.2. The molecule has 0 spiro atoms. The van der Waals surface area contributed by atoms with Gasteiger partial charge < -0.3 is 5.73 Å². The number of benzene rings is 1. The summed E-state index contributed by atoms with van der Waals surface area (Å²) in [6.45, 7) is 3.78. The number of aryl methyl sites for hydroxylation is 1. The third kappa shape index (κ3) is 3.16. The van der Waals surface area contributed by atoms with E-state index < -0.39 is 5.25 Å². The van der Waals surface area contributed by atoms with E-state index >= 15 is 0 Å². The minimum absolute atomic E-state index is 0.387. The van der Waals surface area contributed by atoms with Gasteiger partial charge in [-0.2, -0.15) is 0 Å². The number of rotatable bonds is 5. The Morgan fingerprint density at radius 3 is 2.67 bits per heavy atom. The van der Waals surface area contributed by atoms with E-state index in [4.69, 9.17) is 5.73 Å². The Balaban J connectivity index is 2.16. The van der Waals surface area contributed by atoms with Crippen molar-refractivity contribution in [1.82, 2.24) is 19.7 Å². The van der Waals surface area contributed by atoms with Gasteiger partial charge in [0.05, 0.1) is 10.9 Å². The van der Waals surface area contributed by atoms with Crippen LogP contribution in [0, 0.1) is 6.92 Å². The summed E-state index contributed by atoms with van der Waals surface area (Å²) in [6, 6.07) is 11.7. The van der Waals surface area contributed by atoms with Gasteiger partial charge in [-0.05, 0) is 37.6 Å². The predicted molar refractivity (Wildman–Crippen MR) is 93.8 cm³/mol. The molecule has 0 saturated carbocycles. The lowest BCUT2D eigenvalue weighted by Gasteiger charge is -2.14. The Kier molecular flexibility index (Phi) is 4.61. The minimum atomic E-state index is -0.404. The van der Waals surface area contributed by atoms with Gasteiger partial charge in [-0.1, -0.05) is 30.0 Å². The molecule has 0 aliphatic heterocycles. The maximum absolute atomic E-state index is 11.4. The highest BCUT2D eigenvalue weighted by atomic mass is 32.2. The summed E-state index contributed by atoms with van der Waals surface area (Å²) in [5.41, 5.74) is 8.29. The van der Waals surface area contributed by atoms with Crippen LogP contribution in [0.15, 0.2) is 53.9 Å². The molecule has 1 aromatic carbocycles. The van der Waals surface area contributed by atoms with Crippen LogP contribution < -0.4 is 5.73 Å². The summed E-state index contributed by atoms with van der Waals surface area (Å²) >= 11 is 1.29. The number of amides is 1. The summed E-state index contributed by atoms with van der Waals surface area (Å²) in [4.78, 5) is 15.6. The van der Waals surface area contributed by atoms with E-state index in [2.05, 4.69) is 15.2 Å². The van der Waals surface area contributed by atoms with E-state index in [0.29, 0.717) is 11.0 Å². The van der Waals surface area contributed by atoms with Crippen molar-refractivity contribution >= 4 is 17.7 Å². The standard InChI is InChI=1S/C17H17N5OS/c1-11-6-3-4-8-14(11)22-16(13-7-5-9-19-10-13)20-21-17(22)24-12(2)15(18)23/h3-10,12H,1-2H3,(H2,18,23)/t12-/m1/s1. The molecule has 0 aliphatic rings. The first kappa shape index (κ1) is 16.2. The highest BCUT2D eigenvalue weighted by molar-refractivity contribution is 8.00. The number of carbonyl (C=O) groups is 1. The molecule has 3 aromatic rings. The fourth-order valence-electron chi connectivity index (χ4n) is 2.28. The normalized spacial score (nSPS) is 12.1. The molecule has 24 heavy (non-hydrogen) atoms. The maximum atomic E-state index is 11.4. The second-order valence-electron chi connectivity index (χ2n) is 5.33. The average Bonchev–Trinajstić information content (AvgIpc) is 2.99. The molecule has 0 unspecified atom stereocenters. The van der Waals surface area contributed by atoms with Crippen LogP contribution in [0.5, 0.6) is 0 Å². The molecular weight excluding hydrogens is 322 g/mol. The molecule has 2 N–H and O–H groups in total. The van der Waals surface area contributed by atoms with E-state index in [1.165, 1.54) is 11.8 Å². The molecule has 2 heterocycles. The van der Waals surface area contributed by atoms with Crippen molar-refractivity contribution in [2.45, 2.75) is 24.3 Å². The van der Waals surface area contributed by atoms with Crippen molar-refractivity contribution < 1.29 is 4.79 Å². The van der Waals surface area contributed by atoms with Crippen molar-refractivity contribution in [2.24, 2.45) is 5.73 Å². The number of hydrogen-bond acceptors (Lipinski definition) is 5. The number of primary amides is 1. The molecule has 122 valence electrons. The van der Waals surface area contributed by atoms with Crippen LogP contribution in [0.1, 0.15) is 12.5 Å². The molecule has 0 fully saturated rings. The SMILES string of the molecule is Cc1ccccc1-n1c(S[C@H](C)C(N)=O)nnc1-c1cccnc1. The van der Waals surface area contributed by atoms with Gasteiger partial charge in [0.25, 0.3) is 0 Å². The van der Waals surface area contributed by atoms with Crippen molar-refractivity contribution in [3.05, 3.63) is 54.4 Å². The van der Waals surface area contributed by atoms with Gasteiger partial charge in [0.1, 0.15) is 0 Å². The average molecular weight is 339 g/mol. The van der Waals surface area contributed by atoms with Crippen LogP contribution in [-0.2, 0) is 4.79 Å². The van der Waals surface area contributed by atoms with E-state index in [-0.39, 0.29) is 5.91 Å². The number of carbonyl (C=O) groups excluding carboxylic acids is 1. The Morgan fingerprint density at radius 2 is 2.00 bits per heavy atom. The van der Waals surface area contributed by atoms with Crippen LogP contribution in [0.4, 0.5) is 0 Å². The number of nitrogens with two attached hydrogens (primary N) is 1. The van der Waals surface area contributed by atoms with Gasteiger partial charge in [-0.25, -0.2) is 0 Å². The number of nitrogens with zero attached hydrogens (tertiary/aromatic N) is 4. The monoisotopic (exact) mass is 339 g/mol. The zero-order valence-corrected chi connectivity index (χ0v) is 14.2. The molecular formula is C17H17N5OS. The van der Waals surface area contributed by atoms with Gasteiger partial charge in [0.2, 0.25) is 5.91 Å². The summed E-state index contributed by atoms with van der Waals surface area (Å²) in [5, 5.41) is 8.80. The minimum Gasteiger partial charge on any atom is -0.369 e. The molecule has 3 rings (SSSR count). The van der Waals surface area contributed by atoms with Crippen LogP contribution >= 0.6 is 11.8 Å². The number of aromatic nitrogens is 4. The van der Waals surface area contributed by atoms with Gasteiger partial charge in [0, 0.05) is 18.0 Å². The smallest absolute Gasteiger partial charge is 0.230 e. The topological polar surface area (TPSA) is 86.7 Å². The largest absolute Gasteiger partial charge is 0.369 e. The molecule has 1 atom stereocenters. The van der Waals surface area contributed by atoms with Crippen LogP contribution in [0.25, 0.3) is 17.1 Å². The third-order valence-electron chi connectivity index (χ3n) is 3.59. The Morgan fingerprint density at radius 1 is 1.21 bits per heavy atom. The molecule has 2 aromatic heterocycles. The molecule has 1 amide bonds. The molecule has 0 aliphatic carbocycles. The van der Waals surface area contributed by atoms with E-state index in [9.17, 15) is 4.79 Å². The summed E-state index contributed by atoms with van der Waals surface area (Å²) in [7, 11) is 0. The molecule has 0 saturated heterocycles. The first-order valence-electron chi connectivity index (χ1n) is 7.45. The van der Waals surface area contributed by atoms with Gasteiger partial charge in [0.15, 0.2) is 11.0 Å². The van der Waals surface area contributed by atoms with Gasteiger partial charge in [-0.15, -0.1) is 10.2 Å². The fourth-order valence-corrected chi connectivity index (χ4v) is 3.09. The van der Waals surface area contributed by atoms with Crippen molar-refractivity contribution in [3.8, 4) is 17.1 Å². The highest BCUT2D eigenvalue weighted by Gasteiger charge is 2.21. The van der Waals surface area contributed by atoms with Crippen LogP contribution in [0.3, 0.4) is 0 Å². The van der Waals surface area contributed by atoms with Gasteiger partial charge in [-0.3, -0.25) is 14.3 Å². The van der Waals surface area contributed by atoms with Crippen molar-refractivity contribution in [3.63, 3.8) is 0 Å². The molecule has 0 bridgehead atoms. The van der Waals surface area contributed by atoms with E-state index in [0.717, 1.165) is 16.8 Å². The predicted octanol–water partition coefficient (Wildman–Crippen LogP) is 2.60. The third-order valence-corrected chi connectivity index (χ3v) is 4.65. The first-order valence-corrected chi connectivity index (χ1v) is 8.33. The van der Waals surface area contributed by atoms with Crippen LogP contribution in [0.2, 0.25) is 0 Å². The summed E-state index contributed by atoms with van der Waals surface area (Å²) in [6.07, 6.45) is 3.45. The highest BCUT2D eigenvalue weighted by Crippen LogP contribution is 2.30. The molecule has 7 heteroatoms. The first-order chi connectivity index (χ1) is 11.6. The molecule has 6 nitrogen and oxygen atoms in total. The lowest BCUT2D eigenvalue weighted by molar-refractivity contribution is -0.117. The van der Waals surface area contributed by atoms with Crippen molar-refractivity contribution in [1.29, 1.82) is 0 Å². The number of pyridine rings is 1. The van der Waals surface area contributed by atoms with Gasteiger partial charge >= 0.3 is 0 Å². The summed E-state index contributed by atoms with van der Waals surface area (Å²) < 4.78 is 1.94. The second kappa shape index (κ2) is 6.84. The zero-order chi connectivity index (χ0) is 17.1. The lowest BCUT2D eigenvalue weighted by Crippen LogP contribution is -2.23. The number of hydrogen-bond donors (Lipinski definition) is 1. The van der Waals surface area contributed by atoms with E-state index in [1.807, 2.05) is 47.9 Å². The fraction of sp³-hybridized carbons (Fsp3) is 0.176. The quantitative estimate of drug-likeness (QED) is 0.722. The second-order valence-corrected chi connectivity index (χ2v) is 6.64. The molecule has 0 radical (unpaired) electrons. The number of para-hydroxylation sites is 1. The Labute approximate surface area is 144 Å².